The number of hydrogen-bond donors (Lipinski definition) is 2. The molecule has 2 aromatic carbocycles. The molecular weight excluding hydrogens is 350 g/mol. The zero-order valence-electron chi connectivity index (χ0n) is 17.1. The van der Waals surface area contributed by atoms with Gasteiger partial charge in [-0.2, -0.15) is 0 Å². The third-order valence-electron chi connectivity index (χ3n) is 5.11. The van der Waals surface area contributed by atoms with Crippen LogP contribution in [0.15, 0.2) is 41.4 Å². The number of hydrogen-bond acceptors (Lipinski definition) is 3. The molecule has 0 radical (unpaired) electrons. The third kappa shape index (κ3) is 5.20. The van der Waals surface area contributed by atoms with Crippen LogP contribution < -0.4 is 10.6 Å². The van der Waals surface area contributed by atoms with Gasteiger partial charge in [-0.25, -0.2) is 4.99 Å². The average molecular weight is 380 g/mol. The minimum Gasteiger partial charge on any atom is -0.376 e. The molecule has 1 atom stereocenters. The molecule has 1 amide bonds. The number of nitrogens with one attached hydrogen (secondary N) is 2. The van der Waals surface area contributed by atoms with Crippen LogP contribution in [0, 0.1) is 27.7 Å². The molecule has 0 saturated carbocycles. The first-order chi connectivity index (χ1) is 13.4. The molecule has 0 aromatic heterocycles. The highest BCUT2D eigenvalue weighted by molar-refractivity contribution is 6.10. The molecule has 5 heteroatoms. The molecule has 1 unspecified atom stereocenters. The predicted molar refractivity (Wildman–Crippen MR) is 114 cm³/mol. The number of ether oxygens (including phenoxy) is 1. The molecule has 0 spiro atoms. The number of benzene rings is 2. The molecule has 3 rings (SSSR count). The maximum absolute atomic E-state index is 12.8. The lowest BCUT2D eigenvalue weighted by molar-refractivity contribution is 0.0975. The van der Waals surface area contributed by atoms with Crippen LogP contribution >= 0.6 is 0 Å². The van der Waals surface area contributed by atoms with Crippen LogP contribution in [-0.4, -0.2) is 31.1 Å². The second kappa shape index (κ2) is 9.02. The molecule has 1 aliphatic heterocycles. The summed E-state index contributed by atoms with van der Waals surface area (Å²) in [7, 11) is 0. The molecule has 1 aliphatic rings. The van der Waals surface area contributed by atoms with Gasteiger partial charge in [0.05, 0.1) is 12.6 Å². The SMILES string of the molecule is Cc1ccc(NC(=NCC2CCCO2)NC(=O)c2ccc(C)c(C)c2)c(C)c1. The Morgan fingerprint density at radius 2 is 1.89 bits per heavy atom. The van der Waals surface area contributed by atoms with E-state index in [4.69, 9.17) is 4.74 Å². The summed E-state index contributed by atoms with van der Waals surface area (Å²) in [5, 5.41) is 6.23. The van der Waals surface area contributed by atoms with Gasteiger partial charge in [0, 0.05) is 17.9 Å². The molecule has 1 saturated heterocycles. The van der Waals surface area contributed by atoms with Gasteiger partial charge in [-0.1, -0.05) is 23.8 Å². The molecule has 1 fully saturated rings. The summed E-state index contributed by atoms with van der Waals surface area (Å²) in [5.74, 6) is 0.275. The van der Waals surface area contributed by atoms with E-state index in [9.17, 15) is 4.79 Å². The van der Waals surface area contributed by atoms with Crippen LogP contribution in [0.25, 0.3) is 0 Å². The summed E-state index contributed by atoms with van der Waals surface area (Å²) >= 11 is 0. The van der Waals surface area contributed by atoms with Gasteiger partial charge in [-0.3, -0.25) is 10.1 Å². The summed E-state index contributed by atoms with van der Waals surface area (Å²) in [4.78, 5) is 17.4. The van der Waals surface area contributed by atoms with Crippen LogP contribution in [0.5, 0.6) is 0 Å². The quantitative estimate of drug-likeness (QED) is 0.615. The Kier molecular flexibility index (Phi) is 6.47. The number of carbonyl (C=O) groups excluding carboxylic acids is 1. The molecule has 148 valence electrons. The van der Waals surface area contributed by atoms with E-state index in [0.29, 0.717) is 18.1 Å². The van der Waals surface area contributed by atoms with Crippen molar-refractivity contribution in [2.45, 2.75) is 46.6 Å². The number of carbonyl (C=O) groups is 1. The number of anilines is 1. The fourth-order valence-corrected chi connectivity index (χ4v) is 3.24. The molecule has 2 aromatic rings. The van der Waals surface area contributed by atoms with Crippen molar-refractivity contribution in [2.24, 2.45) is 4.99 Å². The van der Waals surface area contributed by atoms with Gasteiger partial charge in [-0.05, 0) is 75.4 Å². The molecular formula is C23H29N3O2. The summed E-state index contributed by atoms with van der Waals surface area (Å²) in [5.41, 5.74) is 6.10. The summed E-state index contributed by atoms with van der Waals surface area (Å²) in [6.07, 6.45) is 2.19. The monoisotopic (exact) mass is 379 g/mol. The summed E-state index contributed by atoms with van der Waals surface area (Å²) in [6, 6.07) is 11.9. The predicted octanol–water partition coefficient (Wildman–Crippen LogP) is 4.30. The Hall–Kier alpha value is -2.66. The van der Waals surface area contributed by atoms with Gasteiger partial charge < -0.3 is 10.1 Å². The summed E-state index contributed by atoms with van der Waals surface area (Å²) in [6.45, 7) is 9.46. The molecule has 0 aliphatic carbocycles. The largest absolute Gasteiger partial charge is 0.376 e. The van der Waals surface area contributed by atoms with E-state index in [1.54, 1.807) is 0 Å². The first-order valence-electron chi connectivity index (χ1n) is 9.81. The van der Waals surface area contributed by atoms with E-state index in [-0.39, 0.29) is 12.0 Å². The van der Waals surface area contributed by atoms with Crippen molar-refractivity contribution < 1.29 is 9.53 Å². The minimum absolute atomic E-state index is 0.120. The van der Waals surface area contributed by atoms with Crippen LogP contribution in [0.3, 0.4) is 0 Å². The fraction of sp³-hybridized carbons (Fsp3) is 0.391. The van der Waals surface area contributed by atoms with Gasteiger partial charge in [0.15, 0.2) is 0 Å². The fourth-order valence-electron chi connectivity index (χ4n) is 3.24. The van der Waals surface area contributed by atoms with E-state index in [1.165, 1.54) is 5.56 Å². The number of aliphatic imine (C=N–C) groups is 1. The number of guanidine groups is 1. The highest BCUT2D eigenvalue weighted by Crippen LogP contribution is 2.17. The van der Waals surface area contributed by atoms with Gasteiger partial charge in [0.25, 0.3) is 5.91 Å². The zero-order valence-corrected chi connectivity index (χ0v) is 17.1. The molecule has 0 bridgehead atoms. The van der Waals surface area contributed by atoms with E-state index in [1.807, 2.05) is 51.1 Å². The van der Waals surface area contributed by atoms with Crippen molar-refractivity contribution in [1.82, 2.24) is 5.32 Å². The lowest BCUT2D eigenvalue weighted by atomic mass is 10.1. The van der Waals surface area contributed by atoms with Gasteiger partial charge >= 0.3 is 0 Å². The molecule has 2 N–H and O–H groups in total. The highest BCUT2D eigenvalue weighted by atomic mass is 16.5. The van der Waals surface area contributed by atoms with E-state index in [2.05, 4.69) is 28.6 Å². The Bertz CT molecular complexity index is 883. The Labute approximate surface area is 167 Å². The Morgan fingerprint density at radius 3 is 2.57 bits per heavy atom. The first kappa shape index (κ1) is 20.1. The Balaban J connectivity index is 1.79. The van der Waals surface area contributed by atoms with Crippen LogP contribution in [0.4, 0.5) is 5.69 Å². The number of nitrogens with zero attached hydrogens (tertiary/aromatic N) is 1. The number of rotatable bonds is 4. The van der Waals surface area contributed by atoms with E-state index in [0.717, 1.165) is 41.8 Å². The highest BCUT2D eigenvalue weighted by Gasteiger charge is 2.16. The maximum atomic E-state index is 12.8. The van der Waals surface area contributed by atoms with Crippen LogP contribution in [-0.2, 0) is 4.74 Å². The molecule has 5 nitrogen and oxygen atoms in total. The minimum atomic E-state index is -0.175. The first-order valence-corrected chi connectivity index (χ1v) is 9.81. The lowest BCUT2D eigenvalue weighted by Gasteiger charge is -2.15. The van der Waals surface area contributed by atoms with Crippen LogP contribution in [0.1, 0.15) is 45.5 Å². The molecule has 1 heterocycles. The van der Waals surface area contributed by atoms with Crippen molar-refractivity contribution in [3.05, 3.63) is 64.2 Å². The van der Waals surface area contributed by atoms with Crippen molar-refractivity contribution in [3.63, 3.8) is 0 Å². The number of aryl methyl sites for hydroxylation is 4. The molecule has 28 heavy (non-hydrogen) atoms. The Morgan fingerprint density at radius 1 is 1.07 bits per heavy atom. The van der Waals surface area contributed by atoms with Gasteiger partial charge in [-0.15, -0.1) is 0 Å². The standard InChI is InChI=1S/C23H29N3O2/c1-15-7-10-21(18(4)12-15)25-23(24-14-20-6-5-11-28-20)26-22(27)19-9-8-16(2)17(3)13-19/h7-10,12-13,20H,5-6,11,14H2,1-4H3,(H2,24,25,26,27). The van der Waals surface area contributed by atoms with Crippen molar-refractivity contribution >= 4 is 17.6 Å². The summed E-state index contributed by atoms with van der Waals surface area (Å²) < 4.78 is 5.66. The second-order valence-corrected chi connectivity index (χ2v) is 7.52. The normalized spacial score (nSPS) is 16.9. The maximum Gasteiger partial charge on any atom is 0.257 e. The van der Waals surface area contributed by atoms with Gasteiger partial charge in [0.2, 0.25) is 5.96 Å². The lowest BCUT2D eigenvalue weighted by Crippen LogP contribution is -2.37. The smallest absolute Gasteiger partial charge is 0.257 e. The van der Waals surface area contributed by atoms with Crippen LogP contribution in [0.2, 0.25) is 0 Å². The van der Waals surface area contributed by atoms with Crippen molar-refractivity contribution in [2.75, 3.05) is 18.5 Å². The third-order valence-corrected chi connectivity index (χ3v) is 5.11. The topological polar surface area (TPSA) is 62.7 Å². The average Bonchev–Trinajstić information content (AvgIpc) is 3.17. The van der Waals surface area contributed by atoms with E-state index >= 15 is 0 Å². The second-order valence-electron chi connectivity index (χ2n) is 7.52. The van der Waals surface area contributed by atoms with Crippen molar-refractivity contribution in [1.29, 1.82) is 0 Å². The van der Waals surface area contributed by atoms with E-state index < -0.39 is 0 Å². The van der Waals surface area contributed by atoms with Gasteiger partial charge in [0.1, 0.15) is 0 Å². The van der Waals surface area contributed by atoms with Crippen molar-refractivity contribution in [3.8, 4) is 0 Å². The zero-order chi connectivity index (χ0) is 20.1. The number of amides is 1.